The smallest absolute Gasteiger partial charge is 0.262 e. The van der Waals surface area contributed by atoms with E-state index in [0.29, 0.717) is 33.2 Å². The third-order valence-electron chi connectivity index (χ3n) is 5.22. The Morgan fingerprint density at radius 3 is 2.20 bits per heavy atom. The van der Waals surface area contributed by atoms with E-state index in [1.54, 1.807) is 60.7 Å². The van der Waals surface area contributed by atoms with Crippen molar-refractivity contribution in [2.45, 2.75) is 11.4 Å². The second-order valence-corrected chi connectivity index (χ2v) is 10.2. The molecule has 0 saturated carbocycles. The van der Waals surface area contributed by atoms with Gasteiger partial charge in [0.2, 0.25) is 5.91 Å². The fraction of sp³-hybridized carbons (Fsp3) is 0.0400. The first-order valence-electron chi connectivity index (χ1n) is 10.3. The Labute approximate surface area is 211 Å². The molecule has 0 spiro atoms. The molecule has 4 N–H and O–H groups in total. The Morgan fingerprint density at radius 2 is 1.49 bits per heavy atom. The summed E-state index contributed by atoms with van der Waals surface area (Å²) in [6, 6.07) is 20.7. The molecule has 178 valence electrons. The summed E-state index contributed by atoms with van der Waals surface area (Å²) in [5, 5.41) is 4.29. The fourth-order valence-electron chi connectivity index (χ4n) is 3.60. The van der Waals surface area contributed by atoms with Crippen LogP contribution in [-0.4, -0.2) is 20.2 Å². The van der Waals surface area contributed by atoms with E-state index < -0.39 is 15.9 Å². The largest absolute Gasteiger partial charge is 0.366 e. The number of primary amides is 1. The SMILES string of the molecule is NC(=O)c1cccc(CNC(=O)c2cccc3c(NS(=O)(=O)c4cc(Cl)cc(Cl)c4)cccc23)c1. The molecule has 4 aromatic carbocycles. The van der Waals surface area contributed by atoms with Crippen LogP contribution in [-0.2, 0) is 16.6 Å². The molecule has 35 heavy (non-hydrogen) atoms. The van der Waals surface area contributed by atoms with Gasteiger partial charge in [0.05, 0.1) is 10.6 Å². The maximum atomic E-state index is 13.0. The lowest BCUT2D eigenvalue weighted by molar-refractivity contribution is 0.0952. The van der Waals surface area contributed by atoms with Crippen molar-refractivity contribution in [1.29, 1.82) is 0 Å². The minimum Gasteiger partial charge on any atom is -0.366 e. The first-order chi connectivity index (χ1) is 16.6. The summed E-state index contributed by atoms with van der Waals surface area (Å²) in [6.45, 7) is 0.179. The second kappa shape index (κ2) is 9.95. The number of sulfonamides is 1. The maximum absolute atomic E-state index is 13.0. The molecule has 0 saturated heterocycles. The number of halogens is 2. The first kappa shape index (κ1) is 24.5. The highest BCUT2D eigenvalue weighted by molar-refractivity contribution is 7.92. The quantitative estimate of drug-likeness (QED) is 0.314. The zero-order valence-electron chi connectivity index (χ0n) is 18.1. The summed E-state index contributed by atoms with van der Waals surface area (Å²) in [5.74, 6) is -0.913. The number of amides is 2. The number of nitrogens with two attached hydrogens (primary N) is 1. The number of fused-ring (bicyclic) bond motifs is 1. The Kier molecular flexibility index (Phi) is 6.98. The second-order valence-electron chi connectivity index (χ2n) is 7.66. The van der Waals surface area contributed by atoms with Crippen molar-refractivity contribution in [3.8, 4) is 0 Å². The minimum atomic E-state index is -4.00. The third-order valence-corrected chi connectivity index (χ3v) is 7.00. The van der Waals surface area contributed by atoms with Gasteiger partial charge in [-0.25, -0.2) is 8.42 Å². The molecule has 0 radical (unpaired) electrons. The molecule has 0 aromatic heterocycles. The van der Waals surface area contributed by atoms with E-state index in [2.05, 4.69) is 10.0 Å². The molecule has 0 bridgehead atoms. The van der Waals surface area contributed by atoms with E-state index in [4.69, 9.17) is 28.9 Å². The van der Waals surface area contributed by atoms with Gasteiger partial charge >= 0.3 is 0 Å². The Morgan fingerprint density at radius 1 is 0.829 bits per heavy atom. The highest BCUT2D eigenvalue weighted by Gasteiger charge is 2.18. The number of benzene rings is 4. The van der Waals surface area contributed by atoms with E-state index in [1.807, 2.05) is 0 Å². The van der Waals surface area contributed by atoms with Crippen molar-refractivity contribution in [2.24, 2.45) is 5.73 Å². The Bertz CT molecular complexity index is 1550. The van der Waals surface area contributed by atoms with Gasteiger partial charge < -0.3 is 11.1 Å². The molecular formula is C25H19Cl2N3O4S. The molecule has 4 rings (SSSR count). The zero-order chi connectivity index (χ0) is 25.2. The van der Waals surface area contributed by atoms with Crippen LogP contribution in [0, 0.1) is 0 Å². The van der Waals surface area contributed by atoms with Crippen molar-refractivity contribution in [1.82, 2.24) is 5.32 Å². The van der Waals surface area contributed by atoms with Gasteiger partial charge in [-0.2, -0.15) is 0 Å². The van der Waals surface area contributed by atoms with Crippen LogP contribution in [0.4, 0.5) is 5.69 Å². The molecule has 4 aromatic rings. The fourth-order valence-corrected chi connectivity index (χ4v) is 5.40. The van der Waals surface area contributed by atoms with Gasteiger partial charge in [-0.1, -0.05) is 59.6 Å². The van der Waals surface area contributed by atoms with Crippen LogP contribution in [0.15, 0.2) is 83.8 Å². The zero-order valence-corrected chi connectivity index (χ0v) is 20.4. The number of carbonyl (C=O) groups excluding carboxylic acids is 2. The van der Waals surface area contributed by atoms with Gasteiger partial charge in [0.15, 0.2) is 0 Å². The Hall–Kier alpha value is -3.59. The molecule has 0 aliphatic carbocycles. The van der Waals surface area contributed by atoms with Crippen molar-refractivity contribution in [3.05, 3.63) is 106 Å². The number of hydrogen-bond acceptors (Lipinski definition) is 4. The van der Waals surface area contributed by atoms with Gasteiger partial charge in [0.1, 0.15) is 0 Å². The summed E-state index contributed by atoms with van der Waals surface area (Å²) >= 11 is 11.9. The van der Waals surface area contributed by atoms with Crippen LogP contribution in [0.3, 0.4) is 0 Å². The lowest BCUT2D eigenvalue weighted by atomic mass is 10.0. The molecule has 7 nitrogen and oxygen atoms in total. The van der Waals surface area contributed by atoms with Crippen LogP contribution in [0.5, 0.6) is 0 Å². The lowest BCUT2D eigenvalue weighted by Gasteiger charge is -2.13. The van der Waals surface area contributed by atoms with E-state index in [9.17, 15) is 18.0 Å². The van der Waals surface area contributed by atoms with Crippen LogP contribution < -0.4 is 15.8 Å². The number of carbonyl (C=O) groups is 2. The molecule has 0 heterocycles. The van der Waals surface area contributed by atoms with Gasteiger partial charge in [-0.3, -0.25) is 14.3 Å². The van der Waals surface area contributed by atoms with Gasteiger partial charge in [0, 0.05) is 33.1 Å². The standard InChI is InChI=1S/C25H19Cl2N3O4S/c26-17-11-18(27)13-19(12-17)35(33,34)30-23-9-3-6-20-21(23)7-2-8-22(20)25(32)29-14-15-4-1-5-16(10-15)24(28)31/h1-13,30H,14H2,(H2,28,31)(H,29,32). The molecule has 0 unspecified atom stereocenters. The average Bonchev–Trinajstić information content (AvgIpc) is 2.82. The number of hydrogen-bond donors (Lipinski definition) is 3. The van der Waals surface area contributed by atoms with Crippen LogP contribution in [0.25, 0.3) is 10.8 Å². The molecule has 2 amide bonds. The number of anilines is 1. The van der Waals surface area contributed by atoms with E-state index in [0.717, 1.165) is 0 Å². The van der Waals surface area contributed by atoms with E-state index in [1.165, 1.54) is 18.2 Å². The van der Waals surface area contributed by atoms with Crippen molar-refractivity contribution >= 4 is 61.5 Å². The summed E-state index contributed by atoms with van der Waals surface area (Å²) in [6.07, 6.45) is 0. The van der Waals surface area contributed by atoms with Gasteiger partial charge in [-0.15, -0.1) is 0 Å². The summed E-state index contributed by atoms with van der Waals surface area (Å²) in [5.41, 5.74) is 7.03. The monoisotopic (exact) mass is 527 g/mol. The van der Waals surface area contributed by atoms with Gasteiger partial charge in [0.25, 0.3) is 15.9 Å². The van der Waals surface area contributed by atoms with Crippen molar-refractivity contribution in [2.75, 3.05) is 4.72 Å². The molecule has 10 heteroatoms. The van der Waals surface area contributed by atoms with Crippen molar-refractivity contribution in [3.63, 3.8) is 0 Å². The van der Waals surface area contributed by atoms with E-state index in [-0.39, 0.29) is 27.4 Å². The van der Waals surface area contributed by atoms with Gasteiger partial charge in [-0.05, 0) is 53.4 Å². The predicted octanol–water partition coefficient (Wildman–Crippen LogP) is 4.98. The van der Waals surface area contributed by atoms with Crippen molar-refractivity contribution < 1.29 is 18.0 Å². The summed E-state index contributed by atoms with van der Waals surface area (Å²) < 4.78 is 28.5. The highest BCUT2D eigenvalue weighted by atomic mass is 35.5. The van der Waals surface area contributed by atoms with Crippen LogP contribution in [0.2, 0.25) is 10.0 Å². The summed E-state index contributed by atoms with van der Waals surface area (Å²) in [7, 11) is -4.00. The summed E-state index contributed by atoms with van der Waals surface area (Å²) in [4.78, 5) is 24.3. The minimum absolute atomic E-state index is 0.0842. The van der Waals surface area contributed by atoms with Crippen LogP contribution >= 0.6 is 23.2 Å². The molecule has 0 fully saturated rings. The number of rotatable bonds is 7. The molecular weight excluding hydrogens is 509 g/mol. The van der Waals surface area contributed by atoms with E-state index >= 15 is 0 Å². The topological polar surface area (TPSA) is 118 Å². The predicted molar refractivity (Wildman–Crippen MR) is 137 cm³/mol. The maximum Gasteiger partial charge on any atom is 0.262 e. The first-order valence-corrected chi connectivity index (χ1v) is 12.6. The molecule has 0 aliphatic rings. The average molecular weight is 528 g/mol. The lowest BCUT2D eigenvalue weighted by Crippen LogP contribution is -2.23. The van der Waals surface area contributed by atoms with Crippen LogP contribution in [0.1, 0.15) is 26.3 Å². The normalized spacial score (nSPS) is 11.3. The number of nitrogens with one attached hydrogen (secondary N) is 2. The molecule has 0 aliphatic heterocycles. The molecule has 0 atom stereocenters. The third kappa shape index (κ3) is 5.57. The Balaban J connectivity index is 1.62. The highest BCUT2D eigenvalue weighted by Crippen LogP contribution is 2.30.